The second-order valence-corrected chi connectivity index (χ2v) is 6.55. The molecule has 1 saturated carbocycles. The third kappa shape index (κ3) is 3.24. The van der Waals surface area contributed by atoms with Gasteiger partial charge in [-0.3, -0.25) is 0 Å². The molecule has 3 aromatic rings. The van der Waals surface area contributed by atoms with Gasteiger partial charge in [0.15, 0.2) is 0 Å². The second-order valence-electron chi connectivity index (χ2n) is 6.15. The minimum atomic E-state index is 0.241. The van der Waals surface area contributed by atoms with Gasteiger partial charge in [-0.15, -0.1) is 0 Å². The molecule has 4 rings (SSSR count). The number of rotatable bonds is 5. The van der Waals surface area contributed by atoms with E-state index in [0.29, 0.717) is 35.0 Å². The number of anilines is 1. The summed E-state index contributed by atoms with van der Waals surface area (Å²) in [7, 11) is 0. The van der Waals surface area contributed by atoms with Gasteiger partial charge in [-0.25, -0.2) is 4.98 Å². The van der Waals surface area contributed by atoms with E-state index in [0.717, 1.165) is 12.0 Å². The summed E-state index contributed by atoms with van der Waals surface area (Å²) in [6.07, 6.45) is 0.999. The molecule has 4 nitrogen and oxygen atoms in total. The fourth-order valence-corrected chi connectivity index (χ4v) is 3.25. The van der Waals surface area contributed by atoms with E-state index in [1.165, 1.54) is 5.56 Å². The number of benzene rings is 2. The maximum atomic E-state index is 9.33. The average molecular weight is 350 g/mol. The van der Waals surface area contributed by atoms with Gasteiger partial charge in [0.1, 0.15) is 6.07 Å². The van der Waals surface area contributed by atoms with Crippen LogP contribution in [0.4, 0.5) is 5.88 Å². The van der Waals surface area contributed by atoms with Gasteiger partial charge in [0.25, 0.3) is 0 Å². The Labute approximate surface area is 151 Å². The largest absolute Gasteiger partial charge is 0.424 e. The molecule has 2 atom stereocenters. The van der Waals surface area contributed by atoms with Crippen LogP contribution in [0, 0.1) is 11.3 Å². The molecule has 0 bridgehead atoms. The Kier molecular flexibility index (Phi) is 4.17. The summed E-state index contributed by atoms with van der Waals surface area (Å²) in [5, 5.41) is 13.2. The molecule has 5 heteroatoms. The first kappa shape index (κ1) is 15.7. The van der Waals surface area contributed by atoms with Crippen LogP contribution in [-0.4, -0.2) is 4.98 Å². The Morgan fingerprint density at radius 1 is 1.12 bits per heavy atom. The minimum absolute atomic E-state index is 0.241. The van der Waals surface area contributed by atoms with Crippen molar-refractivity contribution in [2.24, 2.45) is 0 Å². The SMILES string of the molecule is N#Cc1nc([C@@H]2C[C@H]2c2ccccc2)oc1NCc1ccccc1Cl. The van der Waals surface area contributed by atoms with E-state index in [1.54, 1.807) is 0 Å². The van der Waals surface area contributed by atoms with Crippen LogP contribution in [-0.2, 0) is 6.54 Å². The molecule has 124 valence electrons. The van der Waals surface area contributed by atoms with Gasteiger partial charge < -0.3 is 9.73 Å². The summed E-state index contributed by atoms with van der Waals surface area (Å²) in [6, 6.07) is 20.0. The molecule has 0 spiro atoms. The molecule has 1 fully saturated rings. The summed E-state index contributed by atoms with van der Waals surface area (Å²) in [6.45, 7) is 0.482. The second kappa shape index (κ2) is 6.62. The molecule has 0 radical (unpaired) electrons. The van der Waals surface area contributed by atoms with Crippen molar-refractivity contribution in [3.05, 3.63) is 82.3 Å². The normalized spacial score (nSPS) is 18.6. The van der Waals surface area contributed by atoms with Crippen molar-refractivity contribution in [2.75, 3.05) is 5.32 Å². The van der Waals surface area contributed by atoms with Crippen molar-refractivity contribution in [3.63, 3.8) is 0 Å². The van der Waals surface area contributed by atoms with E-state index in [-0.39, 0.29) is 5.92 Å². The van der Waals surface area contributed by atoms with Crippen LogP contribution in [0.25, 0.3) is 0 Å². The van der Waals surface area contributed by atoms with Crippen LogP contribution in [0.1, 0.15) is 41.0 Å². The van der Waals surface area contributed by atoms with E-state index in [2.05, 4.69) is 28.5 Å². The number of aromatic nitrogens is 1. The maximum absolute atomic E-state index is 9.33. The smallest absolute Gasteiger partial charge is 0.232 e. The third-order valence-corrected chi connectivity index (χ3v) is 4.85. The standard InChI is InChI=1S/C20H16ClN3O/c21-17-9-5-4-8-14(17)12-23-20-18(11-22)24-19(25-20)16-10-15(16)13-6-2-1-3-7-13/h1-9,15-16,23H,10,12H2/t15-,16+/m0/s1. The van der Waals surface area contributed by atoms with Gasteiger partial charge >= 0.3 is 0 Å². The van der Waals surface area contributed by atoms with Crippen molar-refractivity contribution < 1.29 is 4.42 Å². The molecule has 1 aliphatic carbocycles. The Hall–Kier alpha value is -2.77. The number of nitrogens with zero attached hydrogens (tertiary/aromatic N) is 2. The Morgan fingerprint density at radius 2 is 1.88 bits per heavy atom. The van der Waals surface area contributed by atoms with Crippen LogP contribution in [0.5, 0.6) is 0 Å². The zero-order valence-corrected chi connectivity index (χ0v) is 14.2. The van der Waals surface area contributed by atoms with Crippen LogP contribution in [0.3, 0.4) is 0 Å². The molecular formula is C20H16ClN3O. The highest BCUT2D eigenvalue weighted by Crippen LogP contribution is 2.54. The summed E-state index contributed by atoms with van der Waals surface area (Å²) < 4.78 is 5.86. The molecule has 0 aliphatic heterocycles. The highest BCUT2D eigenvalue weighted by molar-refractivity contribution is 6.31. The first-order chi connectivity index (χ1) is 12.3. The molecule has 1 heterocycles. The summed E-state index contributed by atoms with van der Waals surface area (Å²) in [4.78, 5) is 4.38. The lowest BCUT2D eigenvalue weighted by atomic mass is 10.1. The number of oxazole rings is 1. The number of nitrogens with one attached hydrogen (secondary N) is 1. The van der Waals surface area contributed by atoms with Crippen molar-refractivity contribution in [2.45, 2.75) is 24.8 Å². The van der Waals surface area contributed by atoms with Gasteiger partial charge in [0.05, 0.1) is 0 Å². The Bertz CT molecular complexity index is 930. The summed E-state index contributed by atoms with van der Waals surface area (Å²) in [5.41, 5.74) is 2.52. The van der Waals surface area contributed by atoms with E-state index in [9.17, 15) is 5.26 Å². The first-order valence-electron chi connectivity index (χ1n) is 8.19. The first-order valence-corrected chi connectivity index (χ1v) is 8.57. The van der Waals surface area contributed by atoms with Gasteiger partial charge in [-0.05, 0) is 29.5 Å². The topological polar surface area (TPSA) is 61.9 Å². The molecular weight excluding hydrogens is 334 g/mol. The van der Waals surface area contributed by atoms with Crippen LogP contribution < -0.4 is 5.32 Å². The quantitative estimate of drug-likeness (QED) is 0.697. The number of hydrogen-bond acceptors (Lipinski definition) is 4. The van der Waals surface area contributed by atoms with Gasteiger partial charge in [0.2, 0.25) is 17.5 Å². The van der Waals surface area contributed by atoms with Crippen LogP contribution >= 0.6 is 11.6 Å². The summed E-state index contributed by atoms with van der Waals surface area (Å²) >= 11 is 6.17. The predicted molar refractivity (Wildman–Crippen MR) is 96.5 cm³/mol. The van der Waals surface area contributed by atoms with E-state index in [1.807, 2.05) is 42.5 Å². The summed E-state index contributed by atoms with van der Waals surface area (Å²) in [5.74, 6) is 1.70. The number of halogens is 1. The number of nitriles is 1. The van der Waals surface area contributed by atoms with Gasteiger partial charge in [-0.1, -0.05) is 60.1 Å². The molecule has 1 N–H and O–H groups in total. The van der Waals surface area contributed by atoms with E-state index >= 15 is 0 Å². The lowest BCUT2D eigenvalue weighted by Crippen LogP contribution is -2.00. The molecule has 0 amide bonds. The fraction of sp³-hybridized carbons (Fsp3) is 0.200. The van der Waals surface area contributed by atoms with Crippen LogP contribution in [0.15, 0.2) is 59.0 Å². The lowest BCUT2D eigenvalue weighted by Gasteiger charge is -2.05. The fourth-order valence-electron chi connectivity index (χ4n) is 3.04. The minimum Gasteiger partial charge on any atom is -0.424 e. The molecule has 0 saturated heterocycles. The van der Waals surface area contributed by atoms with E-state index < -0.39 is 0 Å². The van der Waals surface area contributed by atoms with Crippen molar-refractivity contribution in [3.8, 4) is 6.07 Å². The van der Waals surface area contributed by atoms with Crippen molar-refractivity contribution in [1.82, 2.24) is 4.98 Å². The van der Waals surface area contributed by atoms with E-state index in [4.69, 9.17) is 16.0 Å². The molecule has 0 unspecified atom stereocenters. The van der Waals surface area contributed by atoms with Crippen molar-refractivity contribution >= 4 is 17.5 Å². The molecule has 1 aliphatic rings. The molecule has 2 aromatic carbocycles. The molecule has 25 heavy (non-hydrogen) atoms. The third-order valence-electron chi connectivity index (χ3n) is 4.48. The maximum Gasteiger partial charge on any atom is 0.232 e. The Morgan fingerprint density at radius 3 is 2.64 bits per heavy atom. The Balaban J connectivity index is 1.49. The average Bonchev–Trinajstić information content (AvgIpc) is 3.35. The number of hydrogen-bond donors (Lipinski definition) is 1. The van der Waals surface area contributed by atoms with Gasteiger partial charge in [0, 0.05) is 17.5 Å². The zero-order valence-electron chi connectivity index (χ0n) is 13.4. The van der Waals surface area contributed by atoms with Crippen LogP contribution in [0.2, 0.25) is 5.02 Å². The predicted octanol–water partition coefficient (Wildman–Crippen LogP) is 5.08. The lowest BCUT2D eigenvalue weighted by molar-refractivity contribution is 0.505. The monoisotopic (exact) mass is 349 g/mol. The highest BCUT2D eigenvalue weighted by Gasteiger charge is 2.43. The van der Waals surface area contributed by atoms with Crippen molar-refractivity contribution in [1.29, 1.82) is 5.26 Å². The zero-order chi connectivity index (χ0) is 17.2. The highest BCUT2D eigenvalue weighted by atomic mass is 35.5. The molecule has 1 aromatic heterocycles. The van der Waals surface area contributed by atoms with Gasteiger partial charge in [-0.2, -0.15) is 5.26 Å².